The van der Waals surface area contributed by atoms with Crippen LogP contribution in [0.4, 0.5) is 5.69 Å². The van der Waals surface area contributed by atoms with Gasteiger partial charge in [-0.15, -0.1) is 0 Å². The van der Waals surface area contributed by atoms with Gasteiger partial charge in [-0.3, -0.25) is 24.5 Å². The van der Waals surface area contributed by atoms with E-state index in [1.54, 1.807) is 0 Å². The molecule has 0 atom stereocenters. The normalized spacial score (nSPS) is 10.3. The highest BCUT2D eigenvalue weighted by molar-refractivity contribution is 5.99. The molecule has 0 N–H and O–H groups in total. The third-order valence-corrected chi connectivity index (χ3v) is 3.14. The minimum atomic E-state index is -0.613. The predicted octanol–water partition coefficient (Wildman–Crippen LogP) is 2.15. The molecule has 0 saturated carbocycles. The number of hydrogen-bond donors (Lipinski definition) is 0. The molecule has 0 spiro atoms. The van der Waals surface area contributed by atoms with Crippen molar-refractivity contribution in [2.75, 3.05) is 0 Å². The second kappa shape index (κ2) is 5.72. The second-order valence-electron chi connectivity index (χ2n) is 4.71. The molecule has 0 bridgehead atoms. The van der Waals surface area contributed by atoms with Gasteiger partial charge in [0, 0.05) is 30.2 Å². The summed E-state index contributed by atoms with van der Waals surface area (Å²) in [5.41, 5.74) is -0.408. The lowest BCUT2D eigenvalue weighted by Gasteiger charge is -2.10. The average Bonchev–Trinajstić information content (AvgIpc) is 2.47. The number of non-ortho nitro benzene ring substituents is 1. The van der Waals surface area contributed by atoms with Gasteiger partial charge in [-0.05, 0) is 26.0 Å². The van der Waals surface area contributed by atoms with Gasteiger partial charge < -0.3 is 4.57 Å². The van der Waals surface area contributed by atoms with E-state index in [2.05, 4.69) is 0 Å². The fourth-order valence-corrected chi connectivity index (χ4v) is 1.97. The summed E-state index contributed by atoms with van der Waals surface area (Å²) in [4.78, 5) is 45.3. The van der Waals surface area contributed by atoms with Crippen LogP contribution in [0.2, 0.25) is 0 Å². The molecule has 22 heavy (non-hydrogen) atoms. The summed E-state index contributed by atoms with van der Waals surface area (Å²) < 4.78 is 1.43. The Labute approximate surface area is 125 Å². The first-order valence-corrected chi connectivity index (χ1v) is 6.34. The van der Waals surface area contributed by atoms with E-state index in [1.807, 2.05) is 0 Å². The van der Waals surface area contributed by atoms with Crippen molar-refractivity contribution in [3.05, 3.63) is 68.1 Å². The number of aromatic nitrogens is 1. The predicted molar refractivity (Wildman–Crippen MR) is 78.7 cm³/mol. The summed E-state index contributed by atoms with van der Waals surface area (Å²) in [7, 11) is 0. The number of ketones is 2. The molecule has 2 aromatic rings. The van der Waals surface area contributed by atoms with Gasteiger partial charge in [-0.2, -0.15) is 0 Å². The number of nitro benzene ring substituents is 1. The molecule has 1 aromatic carbocycles. The summed E-state index contributed by atoms with van der Waals surface area (Å²) in [5, 5.41) is 10.6. The number of hydrogen-bond acceptors (Lipinski definition) is 5. The van der Waals surface area contributed by atoms with E-state index in [9.17, 15) is 24.5 Å². The minimum Gasteiger partial charge on any atom is -0.322 e. The van der Waals surface area contributed by atoms with Gasteiger partial charge in [0.25, 0.3) is 5.69 Å². The van der Waals surface area contributed by atoms with Crippen LogP contribution in [0.25, 0.3) is 5.69 Å². The van der Waals surface area contributed by atoms with Gasteiger partial charge in [0.1, 0.15) is 0 Å². The maximum absolute atomic E-state index is 12.0. The first-order chi connectivity index (χ1) is 10.3. The van der Waals surface area contributed by atoms with Crippen molar-refractivity contribution in [1.82, 2.24) is 4.57 Å². The van der Waals surface area contributed by atoms with Crippen LogP contribution in [-0.4, -0.2) is 21.1 Å². The molecule has 7 heteroatoms. The molecular formula is C15H12N2O5. The number of nitrogens with zero attached hydrogens (tertiary/aromatic N) is 2. The molecule has 0 saturated heterocycles. The van der Waals surface area contributed by atoms with E-state index >= 15 is 0 Å². The van der Waals surface area contributed by atoms with Crippen molar-refractivity contribution >= 4 is 17.3 Å². The smallest absolute Gasteiger partial charge is 0.269 e. The van der Waals surface area contributed by atoms with Crippen molar-refractivity contribution in [2.45, 2.75) is 13.8 Å². The zero-order valence-electron chi connectivity index (χ0n) is 11.9. The Morgan fingerprint density at radius 1 is 1.00 bits per heavy atom. The molecule has 0 fully saturated rings. The maximum atomic E-state index is 12.0. The van der Waals surface area contributed by atoms with Crippen LogP contribution in [0.3, 0.4) is 0 Å². The SMILES string of the molecule is CC(=O)c1cn(-c2ccc([N+](=O)[O-])cc2)cc(C(C)=O)c1=O. The van der Waals surface area contributed by atoms with E-state index in [0.717, 1.165) is 0 Å². The van der Waals surface area contributed by atoms with Gasteiger partial charge in [0.05, 0.1) is 16.1 Å². The van der Waals surface area contributed by atoms with Crippen molar-refractivity contribution in [3.63, 3.8) is 0 Å². The summed E-state index contributed by atoms with van der Waals surface area (Å²) in [5.74, 6) is -0.910. The maximum Gasteiger partial charge on any atom is 0.269 e. The van der Waals surface area contributed by atoms with E-state index in [1.165, 1.54) is 55.1 Å². The van der Waals surface area contributed by atoms with Gasteiger partial charge in [-0.1, -0.05) is 0 Å². The Morgan fingerprint density at radius 3 is 1.82 bits per heavy atom. The van der Waals surface area contributed by atoms with Crippen LogP contribution in [0, 0.1) is 10.1 Å². The van der Waals surface area contributed by atoms with Crippen LogP contribution in [-0.2, 0) is 0 Å². The number of carbonyl (C=O) groups is 2. The highest BCUT2D eigenvalue weighted by Crippen LogP contribution is 2.16. The monoisotopic (exact) mass is 300 g/mol. The number of benzene rings is 1. The molecule has 0 radical (unpaired) electrons. The molecule has 0 aliphatic rings. The molecular weight excluding hydrogens is 288 g/mol. The summed E-state index contributed by atoms with van der Waals surface area (Å²) in [6.07, 6.45) is 2.64. The number of carbonyl (C=O) groups excluding carboxylic acids is 2. The fourth-order valence-electron chi connectivity index (χ4n) is 1.97. The zero-order valence-corrected chi connectivity index (χ0v) is 11.9. The highest BCUT2D eigenvalue weighted by Gasteiger charge is 2.15. The first kappa shape index (κ1) is 15.3. The van der Waals surface area contributed by atoms with Crippen molar-refractivity contribution < 1.29 is 14.5 Å². The van der Waals surface area contributed by atoms with Crippen LogP contribution >= 0.6 is 0 Å². The molecule has 0 aliphatic carbocycles. The van der Waals surface area contributed by atoms with Gasteiger partial charge >= 0.3 is 0 Å². The summed E-state index contributed by atoms with van der Waals surface area (Å²) in [6, 6.07) is 5.54. The summed E-state index contributed by atoms with van der Waals surface area (Å²) in [6.45, 7) is 2.47. The lowest BCUT2D eigenvalue weighted by atomic mass is 10.1. The number of pyridine rings is 1. The van der Waals surface area contributed by atoms with Gasteiger partial charge in [0.15, 0.2) is 11.6 Å². The Hall–Kier alpha value is -3.09. The largest absolute Gasteiger partial charge is 0.322 e. The van der Waals surface area contributed by atoms with Crippen molar-refractivity contribution in [3.8, 4) is 5.69 Å². The van der Waals surface area contributed by atoms with Crippen LogP contribution in [0.1, 0.15) is 34.6 Å². The summed E-state index contributed by atoms with van der Waals surface area (Å²) >= 11 is 0. The molecule has 0 amide bonds. The van der Waals surface area contributed by atoms with Crippen LogP contribution < -0.4 is 5.43 Å². The van der Waals surface area contributed by atoms with Crippen LogP contribution in [0.15, 0.2) is 41.5 Å². The number of nitro groups is 1. The molecule has 0 unspecified atom stereocenters. The van der Waals surface area contributed by atoms with E-state index < -0.39 is 21.9 Å². The minimum absolute atomic E-state index is 0.0802. The molecule has 7 nitrogen and oxygen atoms in total. The molecule has 2 rings (SSSR count). The lowest BCUT2D eigenvalue weighted by molar-refractivity contribution is -0.384. The first-order valence-electron chi connectivity index (χ1n) is 6.34. The number of Topliss-reactive ketones (excluding diaryl/α,β-unsaturated/α-hetero) is 2. The van der Waals surface area contributed by atoms with Crippen molar-refractivity contribution in [2.24, 2.45) is 0 Å². The lowest BCUT2D eigenvalue weighted by Crippen LogP contribution is -2.22. The Morgan fingerprint density at radius 2 is 1.45 bits per heavy atom. The quantitative estimate of drug-likeness (QED) is 0.489. The third-order valence-electron chi connectivity index (χ3n) is 3.14. The van der Waals surface area contributed by atoms with E-state index in [0.29, 0.717) is 5.69 Å². The molecule has 112 valence electrons. The second-order valence-corrected chi connectivity index (χ2v) is 4.71. The van der Waals surface area contributed by atoms with Crippen molar-refractivity contribution in [1.29, 1.82) is 0 Å². The Kier molecular flexibility index (Phi) is 3.98. The molecule has 0 aliphatic heterocycles. The Bertz CT molecular complexity index is 796. The van der Waals surface area contributed by atoms with Gasteiger partial charge in [-0.25, -0.2) is 0 Å². The van der Waals surface area contributed by atoms with Crippen LogP contribution in [0.5, 0.6) is 0 Å². The van der Waals surface area contributed by atoms with Gasteiger partial charge in [0.2, 0.25) is 5.43 Å². The topological polar surface area (TPSA) is 99.3 Å². The highest BCUT2D eigenvalue weighted by atomic mass is 16.6. The Balaban J connectivity index is 2.65. The number of rotatable bonds is 4. The standard InChI is InChI=1S/C15H12N2O5/c1-9(18)13-7-16(8-14(10(2)19)15(13)20)11-3-5-12(6-4-11)17(21)22/h3-8H,1-2H3. The molecule has 1 heterocycles. The zero-order chi connectivity index (χ0) is 16.4. The van der Waals surface area contributed by atoms with E-state index in [4.69, 9.17) is 0 Å². The third kappa shape index (κ3) is 2.83. The fraction of sp³-hybridized carbons (Fsp3) is 0.133. The van der Waals surface area contributed by atoms with E-state index in [-0.39, 0.29) is 16.8 Å². The molecule has 1 aromatic heterocycles. The average molecular weight is 300 g/mol.